The van der Waals surface area contributed by atoms with Crippen molar-refractivity contribution in [2.45, 2.75) is 142 Å². The first kappa shape index (κ1) is 25.7. The fourth-order valence-corrected chi connectivity index (χ4v) is 6.38. The molecule has 2 aliphatic rings. The van der Waals surface area contributed by atoms with E-state index in [2.05, 4.69) is 19.9 Å². The Kier molecular flexibility index (Phi) is 13.1. The van der Waals surface area contributed by atoms with Crippen LogP contribution in [0.5, 0.6) is 0 Å². The van der Waals surface area contributed by atoms with Crippen LogP contribution in [0.2, 0.25) is 0 Å². The third-order valence-corrected chi connectivity index (χ3v) is 8.53. The van der Waals surface area contributed by atoms with Gasteiger partial charge in [0.15, 0.2) is 0 Å². The van der Waals surface area contributed by atoms with Crippen molar-refractivity contribution in [2.75, 3.05) is 0 Å². The highest BCUT2D eigenvalue weighted by atomic mass is 16.3. The predicted molar refractivity (Wildman–Crippen MR) is 128 cm³/mol. The lowest BCUT2D eigenvalue weighted by Gasteiger charge is -2.39. The van der Waals surface area contributed by atoms with E-state index in [1.807, 2.05) is 0 Å². The number of unbranched alkanes of at least 4 members (excludes halogenated alkanes) is 5. The minimum Gasteiger partial charge on any atom is -0.393 e. The number of hydrogen-bond acceptors (Lipinski definition) is 2. The molecule has 0 aliphatic heterocycles. The molecular formula is C28H51NO. The Bertz CT molecular complexity index is 454. The van der Waals surface area contributed by atoms with E-state index in [1.54, 1.807) is 0 Å². The second kappa shape index (κ2) is 15.3. The van der Waals surface area contributed by atoms with Gasteiger partial charge in [0.1, 0.15) is 0 Å². The van der Waals surface area contributed by atoms with Crippen molar-refractivity contribution in [1.29, 1.82) is 5.26 Å². The highest BCUT2D eigenvalue weighted by Crippen LogP contribution is 2.44. The molecule has 2 unspecified atom stereocenters. The van der Waals surface area contributed by atoms with Crippen molar-refractivity contribution >= 4 is 0 Å². The molecule has 2 atom stereocenters. The van der Waals surface area contributed by atoms with Gasteiger partial charge in [-0.2, -0.15) is 5.26 Å². The summed E-state index contributed by atoms with van der Waals surface area (Å²) in [5.74, 6) is 3.68. The van der Waals surface area contributed by atoms with Gasteiger partial charge in [0, 0.05) is 5.92 Å². The molecule has 0 bridgehead atoms. The minimum absolute atomic E-state index is 0.172. The van der Waals surface area contributed by atoms with Crippen LogP contribution in [0.25, 0.3) is 0 Å². The van der Waals surface area contributed by atoms with Crippen molar-refractivity contribution in [3.63, 3.8) is 0 Å². The van der Waals surface area contributed by atoms with Crippen LogP contribution in [-0.2, 0) is 0 Å². The maximum absolute atomic E-state index is 10.3. The Labute approximate surface area is 188 Å². The summed E-state index contributed by atoms with van der Waals surface area (Å²) < 4.78 is 0. The van der Waals surface area contributed by atoms with Gasteiger partial charge < -0.3 is 5.11 Å². The molecular weight excluding hydrogens is 366 g/mol. The van der Waals surface area contributed by atoms with Gasteiger partial charge >= 0.3 is 0 Å². The van der Waals surface area contributed by atoms with Gasteiger partial charge in [0.2, 0.25) is 0 Å². The topological polar surface area (TPSA) is 44.0 Å². The molecule has 174 valence electrons. The SMILES string of the molecule is CCCCCCC(O)CCC(C#N)C1CCC(C2CCC(CCCCC)CC2)CC1. The molecule has 1 N–H and O–H groups in total. The second-order valence-electron chi connectivity index (χ2n) is 10.8. The van der Waals surface area contributed by atoms with Gasteiger partial charge in [-0.1, -0.05) is 78.1 Å². The van der Waals surface area contributed by atoms with Gasteiger partial charge in [-0.15, -0.1) is 0 Å². The molecule has 0 heterocycles. The molecule has 2 aliphatic carbocycles. The van der Waals surface area contributed by atoms with E-state index < -0.39 is 0 Å². The Hall–Kier alpha value is -0.550. The van der Waals surface area contributed by atoms with E-state index in [9.17, 15) is 10.4 Å². The third kappa shape index (κ3) is 9.30. The van der Waals surface area contributed by atoms with E-state index in [0.29, 0.717) is 5.92 Å². The van der Waals surface area contributed by atoms with Gasteiger partial charge in [0.05, 0.1) is 12.2 Å². The summed E-state index contributed by atoms with van der Waals surface area (Å²) in [5.41, 5.74) is 0. The number of nitrogens with zero attached hydrogens (tertiary/aromatic N) is 1. The summed E-state index contributed by atoms with van der Waals surface area (Å²) in [7, 11) is 0. The Morgan fingerprint density at radius 1 is 0.733 bits per heavy atom. The molecule has 0 spiro atoms. The van der Waals surface area contributed by atoms with Gasteiger partial charge in [-0.05, 0) is 81.5 Å². The van der Waals surface area contributed by atoms with E-state index in [1.165, 1.54) is 96.3 Å². The van der Waals surface area contributed by atoms with E-state index in [0.717, 1.165) is 43.4 Å². The van der Waals surface area contributed by atoms with Crippen LogP contribution in [0, 0.1) is 40.9 Å². The quantitative estimate of drug-likeness (QED) is 0.288. The van der Waals surface area contributed by atoms with Crippen LogP contribution < -0.4 is 0 Å². The summed E-state index contributed by atoms with van der Waals surface area (Å²) in [6, 6.07) is 2.62. The number of aliphatic hydroxyl groups excluding tert-OH is 1. The fraction of sp³-hybridized carbons (Fsp3) is 0.964. The normalized spacial score (nSPS) is 29.3. The lowest BCUT2D eigenvalue weighted by molar-refractivity contribution is 0.116. The van der Waals surface area contributed by atoms with E-state index >= 15 is 0 Å². The van der Waals surface area contributed by atoms with Crippen LogP contribution in [0.15, 0.2) is 0 Å². The zero-order valence-electron chi connectivity index (χ0n) is 20.3. The number of aliphatic hydroxyl groups is 1. The molecule has 2 fully saturated rings. The maximum Gasteiger partial charge on any atom is 0.0658 e. The second-order valence-corrected chi connectivity index (χ2v) is 10.8. The smallest absolute Gasteiger partial charge is 0.0658 e. The molecule has 2 nitrogen and oxygen atoms in total. The molecule has 30 heavy (non-hydrogen) atoms. The third-order valence-electron chi connectivity index (χ3n) is 8.53. The maximum atomic E-state index is 10.3. The van der Waals surface area contributed by atoms with E-state index in [4.69, 9.17) is 0 Å². The zero-order valence-corrected chi connectivity index (χ0v) is 20.3. The molecule has 0 amide bonds. The highest BCUT2D eigenvalue weighted by Gasteiger charge is 2.33. The van der Waals surface area contributed by atoms with Crippen molar-refractivity contribution in [1.82, 2.24) is 0 Å². The van der Waals surface area contributed by atoms with Gasteiger partial charge in [0.25, 0.3) is 0 Å². The molecule has 2 rings (SSSR count). The summed E-state index contributed by atoms with van der Waals surface area (Å²) >= 11 is 0. The molecule has 0 aromatic rings. The number of hydrogen-bond donors (Lipinski definition) is 1. The monoisotopic (exact) mass is 417 g/mol. The highest BCUT2D eigenvalue weighted by molar-refractivity contribution is 4.92. The average Bonchev–Trinajstić information content (AvgIpc) is 2.78. The first-order chi connectivity index (χ1) is 14.7. The summed E-state index contributed by atoms with van der Waals surface area (Å²) in [6.07, 6.45) is 24.2. The summed E-state index contributed by atoms with van der Waals surface area (Å²) in [4.78, 5) is 0. The Morgan fingerprint density at radius 2 is 1.33 bits per heavy atom. The molecule has 2 heteroatoms. The largest absolute Gasteiger partial charge is 0.393 e. The molecule has 0 aromatic carbocycles. The summed E-state index contributed by atoms with van der Waals surface area (Å²) in [5, 5.41) is 20.0. The molecule has 2 saturated carbocycles. The summed E-state index contributed by atoms with van der Waals surface area (Å²) in [6.45, 7) is 4.53. The number of nitriles is 1. The van der Waals surface area contributed by atoms with Crippen LogP contribution in [-0.4, -0.2) is 11.2 Å². The van der Waals surface area contributed by atoms with Crippen molar-refractivity contribution in [2.24, 2.45) is 29.6 Å². The number of rotatable bonds is 14. The molecule has 0 aromatic heterocycles. The van der Waals surface area contributed by atoms with E-state index in [-0.39, 0.29) is 12.0 Å². The van der Waals surface area contributed by atoms with Gasteiger partial charge in [-0.3, -0.25) is 0 Å². The zero-order chi connectivity index (χ0) is 21.6. The standard InChI is InChI=1S/C28H51NO/c1-3-5-7-9-11-28(30)21-20-27(22-29)26-18-16-25(17-19-26)24-14-12-23(13-15-24)10-8-6-4-2/h23-28,30H,3-21H2,1-2H3. The van der Waals surface area contributed by atoms with Crippen LogP contribution >= 0.6 is 0 Å². The van der Waals surface area contributed by atoms with Gasteiger partial charge in [-0.25, -0.2) is 0 Å². The van der Waals surface area contributed by atoms with Crippen molar-refractivity contribution in [3.05, 3.63) is 0 Å². The van der Waals surface area contributed by atoms with Crippen molar-refractivity contribution < 1.29 is 5.11 Å². The van der Waals surface area contributed by atoms with Crippen molar-refractivity contribution in [3.8, 4) is 6.07 Å². The van der Waals surface area contributed by atoms with Crippen LogP contribution in [0.4, 0.5) is 0 Å². The predicted octanol–water partition coefficient (Wildman–Crippen LogP) is 8.43. The minimum atomic E-state index is -0.193. The first-order valence-electron chi connectivity index (χ1n) is 13.8. The molecule has 0 saturated heterocycles. The Balaban J connectivity index is 1.62. The first-order valence-corrected chi connectivity index (χ1v) is 13.8. The lowest BCUT2D eigenvalue weighted by atomic mass is 9.66. The fourth-order valence-electron chi connectivity index (χ4n) is 6.38. The van der Waals surface area contributed by atoms with Crippen LogP contribution in [0.1, 0.15) is 136 Å². The average molecular weight is 418 g/mol. The van der Waals surface area contributed by atoms with Crippen LogP contribution in [0.3, 0.4) is 0 Å². The Morgan fingerprint density at radius 3 is 1.93 bits per heavy atom. The lowest BCUT2D eigenvalue weighted by Crippen LogP contribution is -2.28. The molecule has 0 radical (unpaired) electrons.